The fourth-order valence-corrected chi connectivity index (χ4v) is 2.38. The van der Waals surface area contributed by atoms with Gasteiger partial charge in [0.05, 0.1) is 6.61 Å². The molecule has 21 heavy (non-hydrogen) atoms. The van der Waals surface area contributed by atoms with Crippen molar-refractivity contribution in [3.63, 3.8) is 0 Å². The lowest BCUT2D eigenvalue weighted by atomic mass is 10.1. The minimum absolute atomic E-state index is 0.405. The average molecular weight is 304 g/mol. The quantitative estimate of drug-likeness (QED) is 0.815. The van der Waals surface area contributed by atoms with Crippen molar-refractivity contribution in [3.05, 3.63) is 64.7 Å². The molecule has 2 rings (SSSR count). The minimum Gasteiger partial charge on any atom is -0.494 e. The van der Waals surface area contributed by atoms with Crippen LogP contribution >= 0.6 is 11.6 Å². The van der Waals surface area contributed by atoms with Crippen LogP contribution in [0.1, 0.15) is 25.0 Å². The first-order valence-corrected chi connectivity index (χ1v) is 7.74. The van der Waals surface area contributed by atoms with Gasteiger partial charge in [-0.3, -0.25) is 0 Å². The van der Waals surface area contributed by atoms with Gasteiger partial charge in [-0.05, 0) is 55.7 Å². The number of hydrogen-bond donors (Lipinski definition) is 1. The fraction of sp³-hybridized carbons (Fsp3) is 0.333. The molecule has 0 aliphatic rings. The Balaban J connectivity index is 1.84. The van der Waals surface area contributed by atoms with Crippen LogP contribution in [-0.4, -0.2) is 12.6 Å². The summed E-state index contributed by atoms with van der Waals surface area (Å²) in [6.45, 7) is 5.74. The molecule has 0 aliphatic carbocycles. The molecular weight excluding hydrogens is 282 g/mol. The van der Waals surface area contributed by atoms with Gasteiger partial charge in [-0.25, -0.2) is 0 Å². The zero-order valence-electron chi connectivity index (χ0n) is 12.6. The van der Waals surface area contributed by atoms with E-state index >= 15 is 0 Å². The van der Waals surface area contributed by atoms with Gasteiger partial charge in [0, 0.05) is 17.6 Å². The molecule has 0 heterocycles. The summed E-state index contributed by atoms with van der Waals surface area (Å²) in [6, 6.07) is 16.7. The van der Waals surface area contributed by atoms with Crippen LogP contribution in [0.5, 0.6) is 5.75 Å². The molecule has 0 aromatic heterocycles. The lowest BCUT2D eigenvalue weighted by Gasteiger charge is -2.14. The molecule has 0 amide bonds. The van der Waals surface area contributed by atoms with Gasteiger partial charge < -0.3 is 10.1 Å². The first kappa shape index (κ1) is 15.9. The standard InChI is InChI=1S/C18H22ClNO/c1-3-21-18-6-4-5-16(12-18)13-20-14(2)11-15-7-9-17(19)10-8-15/h4-10,12,14,20H,3,11,13H2,1-2H3. The van der Waals surface area contributed by atoms with Crippen LogP contribution in [0.3, 0.4) is 0 Å². The highest BCUT2D eigenvalue weighted by atomic mass is 35.5. The number of benzene rings is 2. The monoisotopic (exact) mass is 303 g/mol. The second-order valence-corrected chi connectivity index (χ2v) is 5.63. The molecule has 0 fully saturated rings. The summed E-state index contributed by atoms with van der Waals surface area (Å²) in [5.41, 5.74) is 2.53. The minimum atomic E-state index is 0.405. The number of hydrogen-bond acceptors (Lipinski definition) is 2. The summed E-state index contributed by atoms with van der Waals surface area (Å²) in [6.07, 6.45) is 0.988. The van der Waals surface area contributed by atoms with Gasteiger partial charge in [0.15, 0.2) is 0 Å². The molecular formula is C18H22ClNO. The highest BCUT2D eigenvalue weighted by molar-refractivity contribution is 6.30. The smallest absolute Gasteiger partial charge is 0.119 e. The lowest BCUT2D eigenvalue weighted by molar-refractivity contribution is 0.339. The van der Waals surface area contributed by atoms with Crippen LogP contribution in [0.15, 0.2) is 48.5 Å². The predicted octanol–water partition coefficient (Wildman–Crippen LogP) is 4.46. The second kappa shape index (κ2) is 8.06. The first-order valence-electron chi connectivity index (χ1n) is 7.37. The van der Waals surface area contributed by atoms with Gasteiger partial charge in [-0.15, -0.1) is 0 Å². The van der Waals surface area contributed by atoms with E-state index in [1.807, 2.05) is 31.2 Å². The normalized spacial score (nSPS) is 12.1. The Hall–Kier alpha value is -1.51. The van der Waals surface area contributed by atoms with Crippen LogP contribution in [0.4, 0.5) is 0 Å². The Morgan fingerprint density at radius 1 is 1.10 bits per heavy atom. The van der Waals surface area contributed by atoms with Gasteiger partial charge in [-0.1, -0.05) is 35.9 Å². The maximum absolute atomic E-state index is 5.90. The van der Waals surface area contributed by atoms with E-state index in [0.717, 1.165) is 23.7 Å². The van der Waals surface area contributed by atoms with Crippen molar-refractivity contribution >= 4 is 11.6 Å². The van der Waals surface area contributed by atoms with Gasteiger partial charge in [-0.2, -0.15) is 0 Å². The van der Waals surface area contributed by atoms with E-state index in [9.17, 15) is 0 Å². The summed E-state index contributed by atoms with van der Waals surface area (Å²) < 4.78 is 5.52. The molecule has 2 nitrogen and oxygen atoms in total. The third kappa shape index (κ3) is 5.41. The predicted molar refractivity (Wildman–Crippen MR) is 89.1 cm³/mol. The Bertz CT molecular complexity index is 553. The second-order valence-electron chi connectivity index (χ2n) is 5.19. The Labute approximate surface area is 132 Å². The van der Waals surface area contributed by atoms with E-state index < -0.39 is 0 Å². The van der Waals surface area contributed by atoms with E-state index in [1.54, 1.807) is 0 Å². The summed E-state index contributed by atoms with van der Waals surface area (Å²) in [5, 5.41) is 4.33. The Morgan fingerprint density at radius 3 is 2.57 bits per heavy atom. The van der Waals surface area contributed by atoms with Crippen LogP contribution in [0, 0.1) is 0 Å². The van der Waals surface area contributed by atoms with Gasteiger partial charge in [0.1, 0.15) is 5.75 Å². The molecule has 0 radical (unpaired) electrons. The summed E-state index contributed by atoms with van der Waals surface area (Å²) in [4.78, 5) is 0. The number of nitrogens with one attached hydrogen (secondary N) is 1. The van der Waals surface area contributed by atoms with Crippen molar-refractivity contribution < 1.29 is 4.74 Å². The van der Waals surface area contributed by atoms with Crippen LogP contribution in [0.25, 0.3) is 0 Å². The van der Waals surface area contributed by atoms with Gasteiger partial charge in [0.25, 0.3) is 0 Å². The molecule has 0 spiro atoms. The highest BCUT2D eigenvalue weighted by Crippen LogP contribution is 2.14. The highest BCUT2D eigenvalue weighted by Gasteiger charge is 2.04. The van der Waals surface area contributed by atoms with Gasteiger partial charge in [0.2, 0.25) is 0 Å². The van der Waals surface area contributed by atoms with E-state index in [-0.39, 0.29) is 0 Å². The molecule has 0 saturated carbocycles. The molecule has 1 atom stereocenters. The summed E-state index contributed by atoms with van der Waals surface area (Å²) >= 11 is 5.90. The first-order chi connectivity index (χ1) is 10.2. The van der Waals surface area contributed by atoms with Crippen molar-refractivity contribution in [3.8, 4) is 5.75 Å². The molecule has 112 valence electrons. The van der Waals surface area contributed by atoms with E-state index in [2.05, 4.69) is 36.5 Å². The molecule has 2 aromatic carbocycles. The third-order valence-electron chi connectivity index (χ3n) is 3.32. The maximum atomic E-state index is 5.90. The topological polar surface area (TPSA) is 21.3 Å². The zero-order chi connectivity index (χ0) is 15.1. The van der Waals surface area contributed by atoms with E-state index in [4.69, 9.17) is 16.3 Å². The molecule has 1 N–H and O–H groups in total. The van der Waals surface area contributed by atoms with Crippen molar-refractivity contribution in [2.24, 2.45) is 0 Å². The molecule has 3 heteroatoms. The Kier molecular flexibility index (Phi) is 6.09. The van der Waals surface area contributed by atoms with Crippen molar-refractivity contribution in [2.45, 2.75) is 32.9 Å². The molecule has 2 aromatic rings. The molecule has 0 saturated heterocycles. The molecule has 0 aliphatic heterocycles. The summed E-state index contributed by atoms with van der Waals surface area (Å²) in [7, 11) is 0. The maximum Gasteiger partial charge on any atom is 0.119 e. The third-order valence-corrected chi connectivity index (χ3v) is 3.57. The van der Waals surface area contributed by atoms with E-state index in [0.29, 0.717) is 12.6 Å². The van der Waals surface area contributed by atoms with Crippen LogP contribution in [-0.2, 0) is 13.0 Å². The molecule has 0 bridgehead atoms. The lowest BCUT2D eigenvalue weighted by Crippen LogP contribution is -2.27. The number of rotatable bonds is 7. The van der Waals surface area contributed by atoms with Gasteiger partial charge >= 0.3 is 0 Å². The number of ether oxygens (including phenoxy) is 1. The fourth-order valence-electron chi connectivity index (χ4n) is 2.25. The average Bonchev–Trinajstić information content (AvgIpc) is 2.48. The largest absolute Gasteiger partial charge is 0.494 e. The Morgan fingerprint density at radius 2 is 1.86 bits per heavy atom. The van der Waals surface area contributed by atoms with Crippen LogP contribution in [0.2, 0.25) is 5.02 Å². The van der Waals surface area contributed by atoms with Crippen molar-refractivity contribution in [1.29, 1.82) is 0 Å². The zero-order valence-corrected chi connectivity index (χ0v) is 13.4. The van der Waals surface area contributed by atoms with Crippen molar-refractivity contribution in [1.82, 2.24) is 5.32 Å². The number of halogens is 1. The van der Waals surface area contributed by atoms with Crippen LogP contribution < -0.4 is 10.1 Å². The van der Waals surface area contributed by atoms with Crippen molar-refractivity contribution in [2.75, 3.05) is 6.61 Å². The summed E-state index contributed by atoms with van der Waals surface area (Å²) in [5.74, 6) is 0.933. The SMILES string of the molecule is CCOc1cccc(CNC(C)Cc2ccc(Cl)cc2)c1. The van der Waals surface area contributed by atoms with E-state index in [1.165, 1.54) is 11.1 Å². The molecule has 1 unspecified atom stereocenters.